The van der Waals surface area contributed by atoms with Crippen molar-refractivity contribution in [3.8, 4) is 5.75 Å². The topological polar surface area (TPSA) is 65.0 Å². The summed E-state index contributed by atoms with van der Waals surface area (Å²) < 4.78 is 10.9. The molecule has 0 fully saturated rings. The molecule has 0 bridgehead atoms. The van der Waals surface area contributed by atoms with E-state index in [1.807, 2.05) is 63.2 Å². The molecule has 2 aromatic rings. The fraction of sp³-hybridized carbons (Fsp3) is 0.370. The minimum Gasteiger partial charge on any atom is -0.497 e. The molecule has 166 valence electrons. The van der Waals surface area contributed by atoms with Crippen molar-refractivity contribution in [2.45, 2.75) is 51.6 Å². The highest BCUT2D eigenvalue weighted by molar-refractivity contribution is 6.09. The van der Waals surface area contributed by atoms with Crippen molar-refractivity contribution < 1.29 is 19.1 Å². The molecule has 0 aromatic heterocycles. The SMILES string of the molecule is COc1ccc([C@@H]2C3=C(C[C@H](c4ccccc4)CC3=O)N=C(C)C2C(=O)OC(C)C)cc1. The van der Waals surface area contributed by atoms with E-state index in [1.165, 1.54) is 0 Å². The maximum absolute atomic E-state index is 13.5. The molecule has 0 spiro atoms. The molecular formula is C27H29NO4. The second-order valence-electron chi connectivity index (χ2n) is 8.77. The number of methoxy groups -OCH3 is 1. The van der Waals surface area contributed by atoms with E-state index in [0.29, 0.717) is 24.1 Å². The van der Waals surface area contributed by atoms with Crippen molar-refractivity contribution in [1.82, 2.24) is 0 Å². The highest BCUT2D eigenvalue weighted by Gasteiger charge is 2.44. The van der Waals surface area contributed by atoms with Crippen LogP contribution in [0.15, 0.2) is 70.9 Å². The second kappa shape index (κ2) is 9.11. The molecule has 0 amide bonds. The molecule has 0 radical (unpaired) electrons. The summed E-state index contributed by atoms with van der Waals surface area (Å²) in [5.74, 6) is -0.504. The molecule has 1 unspecified atom stereocenters. The average Bonchev–Trinajstić information content (AvgIpc) is 2.78. The van der Waals surface area contributed by atoms with Gasteiger partial charge in [0, 0.05) is 29.3 Å². The fourth-order valence-electron chi connectivity index (χ4n) is 4.80. The molecule has 1 heterocycles. The molecule has 0 saturated heterocycles. The first kappa shape index (κ1) is 22.0. The number of carbonyl (C=O) groups is 2. The summed E-state index contributed by atoms with van der Waals surface area (Å²) in [6.07, 6.45) is 0.851. The summed E-state index contributed by atoms with van der Waals surface area (Å²) in [4.78, 5) is 31.4. The monoisotopic (exact) mass is 431 g/mol. The average molecular weight is 432 g/mol. The van der Waals surface area contributed by atoms with Gasteiger partial charge in [0.05, 0.1) is 13.2 Å². The molecule has 0 N–H and O–H groups in total. The Morgan fingerprint density at radius 1 is 1.00 bits per heavy atom. The van der Waals surface area contributed by atoms with Gasteiger partial charge in [0.1, 0.15) is 11.7 Å². The third-order valence-electron chi connectivity index (χ3n) is 6.24. The Labute approximate surface area is 189 Å². The van der Waals surface area contributed by atoms with E-state index in [9.17, 15) is 9.59 Å². The predicted molar refractivity (Wildman–Crippen MR) is 124 cm³/mol. The van der Waals surface area contributed by atoms with Gasteiger partial charge in [-0.2, -0.15) is 0 Å². The van der Waals surface area contributed by atoms with E-state index >= 15 is 0 Å². The third kappa shape index (κ3) is 4.24. The van der Waals surface area contributed by atoms with Gasteiger partial charge in [0.15, 0.2) is 5.78 Å². The first-order valence-electron chi connectivity index (χ1n) is 11.1. The van der Waals surface area contributed by atoms with Crippen LogP contribution >= 0.6 is 0 Å². The number of ketones is 1. The third-order valence-corrected chi connectivity index (χ3v) is 6.24. The smallest absolute Gasteiger partial charge is 0.315 e. The van der Waals surface area contributed by atoms with Gasteiger partial charge in [-0.05, 0) is 56.4 Å². The zero-order valence-electron chi connectivity index (χ0n) is 19.0. The van der Waals surface area contributed by atoms with Crippen LogP contribution in [-0.2, 0) is 14.3 Å². The number of rotatable bonds is 5. The number of benzene rings is 2. The first-order chi connectivity index (χ1) is 15.4. The Bertz CT molecular complexity index is 1070. The van der Waals surface area contributed by atoms with Gasteiger partial charge in [0.25, 0.3) is 0 Å². The predicted octanol–water partition coefficient (Wildman–Crippen LogP) is 5.22. The highest BCUT2D eigenvalue weighted by atomic mass is 16.5. The number of esters is 1. The van der Waals surface area contributed by atoms with Gasteiger partial charge < -0.3 is 9.47 Å². The van der Waals surface area contributed by atoms with E-state index in [0.717, 1.165) is 22.6 Å². The van der Waals surface area contributed by atoms with Crippen molar-refractivity contribution in [2.24, 2.45) is 10.9 Å². The van der Waals surface area contributed by atoms with Crippen LogP contribution in [0.1, 0.15) is 56.6 Å². The van der Waals surface area contributed by atoms with E-state index < -0.39 is 11.8 Å². The number of aliphatic imine (C=N–C) groups is 1. The van der Waals surface area contributed by atoms with Crippen LogP contribution in [0.5, 0.6) is 5.75 Å². The van der Waals surface area contributed by atoms with E-state index in [-0.39, 0.29) is 23.8 Å². The lowest BCUT2D eigenvalue weighted by atomic mass is 9.69. The van der Waals surface area contributed by atoms with E-state index in [2.05, 4.69) is 12.1 Å². The molecule has 1 aliphatic heterocycles. The van der Waals surface area contributed by atoms with Gasteiger partial charge in [-0.1, -0.05) is 42.5 Å². The van der Waals surface area contributed by atoms with Gasteiger partial charge in [-0.3, -0.25) is 14.6 Å². The van der Waals surface area contributed by atoms with Crippen molar-refractivity contribution in [1.29, 1.82) is 0 Å². The van der Waals surface area contributed by atoms with Crippen LogP contribution in [-0.4, -0.2) is 30.7 Å². The largest absolute Gasteiger partial charge is 0.497 e. The molecule has 2 aliphatic rings. The van der Waals surface area contributed by atoms with Crippen molar-refractivity contribution in [3.63, 3.8) is 0 Å². The summed E-state index contributed by atoms with van der Waals surface area (Å²) in [5, 5.41) is 0. The van der Waals surface area contributed by atoms with Crippen LogP contribution in [0.3, 0.4) is 0 Å². The van der Waals surface area contributed by atoms with Gasteiger partial charge in [-0.15, -0.1) is 0 Å². The first-order valence-corrected chi connectivity index (χ1v) is 11.1. The van der Waals surface area contributed by atoms with Crippen LogP contribution in [0.4, 0.5) is 0 Å². The Hall–Kier alpha value is -3.21. The zero-order valence-corrected chi connectivity index (χ0v) is 19.0. The zero-order chi connectivity index (χ0) is 22.8. The van der Waals surface area contributed by atoms with Crippen molar-refractivity contribution >= 4 is 17.5 Å². The minimum atomic E-state index is -0.623. The van der Waals surface area contributed by atoms with Crippen molar-refractivity contribution in [2.75, 3.05) is 7.11 Å². The lowest BCUT2D eigenvalue weighted by Crippen LogP contribution is -2.38. The lowest BCUT2D eigenvalue weighted by Gasteiger charge is -2.36. The fourth-order valence-corrected chi connectivity index (χ4v) is 4.80. The second-order valence-corrected chi connectivity index (χ2v) is 8.77. The van der Waals surface area contributed by atoms with Gasteiger partial charge in [0.2, 0.25) is 0 Å². The molecule has 3 atom stereocenters. The maximum atomic E-state index is 13.5. The summed E-state index contributed by atoms with van der Waals surface area (Å²) >= 11 is 0. The molecule has 1 aliphatic carbocycles. The highest BCUT2D eigenvalue weighted by Crippen LogP contribution is 2.47. The molecule has 2 aromatic carbocycles. The maximum Gasteiger partial charge on any atom is 0.315 e. The summed E-state index contributed by atoms with van der Waals surface area (Å²) in [6.45, 7) is 5.52. The number of ether oxygens (including phenoxy) is 2. The Balaban J connectivity index is 1.79. The molecule has 0 saturated carbocycles. The van der Waals surface area contributed by atoms with E-state index in [4.69, 9.17) is 14.5 Å². The normalized spacial score (nSPS) is 23.0. The number of allylic oxidation sites excluding steroid dienone is 2. The van der Waals surface area contributed by atoms with Crippen LogP contribution in [0, 0.1) is 5.92 Å². The quantitative estimate of drug-likeness (QED) is 0.609. The summed E-state index contributed by atoms with van der Waals surface area (Å²) in [7, 11) is 1.62. The van der Waals surface area contributed by atoms with Crippen LogP contribution in [0.25, 0.3) is 0 Å². The standard InChI is InChI=1S/C27H29NO4/c1-16(2)32-27(30)24-17(3)28-22-14-20(18-8-6-5-7-9-18)15-23(29)26(22)25(24)19-10-12-21(31-4)13-11-19/h5-13,16,20,24-25H,14-15H2,1-4H3/t20-,24?,25-/m0/s1. The van der Waals surface area contributed by atoms with Gasteiger partial charge >= 0.3 is 5.97 Å². The van der Waals surface area contributed by atoms with Crippen molar-refractivity contribution in [3.05, 3.63) is 77.0 Å². The molecule has 5 nitrogen and oxygen atoms in total. The molecular weight excluding hydrogens is 402 g/mol. The molecule has 4 rings (SSSR count). The number of Topliss-reactive ketones (excluding diaryl/α,β-unsaturated/α-hetero) is 1. The van der Waals surface area contributed by atoms with Crippen LogP contribution in [0.2, 0.25) is 0 Å². The number of hydrogen-bond acceptors (Lipinski definition) is 5. The molecule has 32 heavy (non-hydrogen) atoms. The molecule has 5 heteroatoms. The lowest BCUT2D eigenvalue weighted by molar-refractivity contribution is -0.150. The Morgan fingerprint density at radius 2 is 1.69 bits per heavy atom. The van der Waals surface area contributed by atoms with Gasteiger partial charge in [-0.25, -0.2) is 0 Å². The summed E-state index contributed by atoms with van der Waals surface area (Å²) in [6, 6.07) is 17.7. The Kier molecular flexibility index (Phi) is 6.26. The van der Waals surface area contributed by atoms with Crippen LogP contribution < -0.4 is 4.74 Å². The minimum absolute atomic E-state index is 0.0551. The number of nitrogens with zero attached hydrogens (tertiary/aromatic N) is 1. The number of carbonyl (C=O) groups excluding carboxylic acids is 2. The Morgan fingerprint density at radius 3 is 2.31 bits per heavy atom. The summed E-state index contributed by atoms with van der Waals surface area (Å²) in [5.41, 5.74) is 4.17. The number of hydrogen-bond donors (Lipinski definition) is 0. The van der Waals surface area contributed by atoms with E-state index in [1.54, 1.807) is 7.11 Å².